The third kappa shape index (κ3) is 2.65. The maximum atomic E-state index is 12.2. The Hall–Kier alpha value is -2.50. The summed E-state index contributed by atoms with van der Waals surface area (Å²) in [4.78, 5) is 13.5. The molecule has 3 aromatic rings. The first kappa shape index (κ1) is 16.0. The molecular formula is C19H13ClO4S. The average molecular weight is 373 g/mol. The van der Waals surface area contributed by atoms with E-state index in [1.165, 1.54) is 17.4 Å². The van der Waals surface area contributed by atoms with Crippen LogP contribution in [0.25, 0.3) is 21.6 Å². The number of hydrogen-bond donors (Lipinski definition) is 1. The quantitative estimate of drug-likeness (QED) is 0.457. The van der Waals surface area contributed by atoms with Crippen LogP contribution in [0.1, 0.15) is 16.6 Å². The molecule has 1 aliphatic heterocycles. The molecule has 0 unspecified atom stereocenters. The number of benzene rings is 2. The number of aromatic hydroxyl groups is 1. The number of halogens is 1. The summed E-state index contributed by atoms with van der Waals surface area (Å²) in [6.45, 7) is 2.08. The van der Waals surface area contributed by atoms with E-state index in [4.69, 9.17) is 21.1 Å². The summed E-state index contributed by atoms with van der Waals surface area (Å²) in [6.07, 6.45) is 0. The molecule has 0 bridgehead atoms. The zero-order chi connectivity index (χ0) is 17.6. The number of rotatable bonds is 2. The van der Waals surface area contributed by atoms with Gasteiger partial charge in [0.05, 0.1) is 6.61 Å². The van der Waals surface area contributed by atoms with E-state index in [0.29, 0.717) is 33.6 Å². The molecule has 0 amide bonds. The van der Waals surface area contributed by atoms with Gasteiger partial charge in [-0.15, -0.1) is 11.3 Å². The minimum atomic E-state index is -0.369. The van der Waals surface area contributed by atoms with Crippen LogP contribution in [0.15, 0.2) is 42.5 Å². The normalized spacial score (nSPS) is 11.6. The number of fused-ring (bicyclic) bond motifs is 5. The molecule has 2 aromatic carbocycles. The fourth-order valence-electron chi connectivity index (χ4n) is 2.84. The molecule has 0 radical (unpaired) electrons. The summed E-state index contributed by atoms with van der Waals surface area (Å²) in [5, 5.41) is 10.7. The predicted octanol–water partition coefficient (Wildman–Crippen LogP) is 5.72. The first-order chi connectivity index (χ1) is 12.1. The van der Waals surface area contributed by atoms with Crippen molar-refractivity contribution in [2.45, 2.75) is 6.92 Å². The predicted molar refractivity (Wildman–Crippen MR) is 97.9 cm³/mol. The molecule has 4 nitrogen and oxygen atoms in total. The number of esters is 1. The van der Waals surface area contributed by atoms with Gasteiger partial charge in [-0.3, -0.25) is 0 Å². The Balaban J connectivity index is 2.02. The smallest absolute Gasteiger partial charge is 0.348 e. The summed E-state index contributed by atoms with van der Waals surface area (Å²) in [7, 11) is 0. The Kier molecular flexibility index (Phi) is 3.90. The number of phenolic OH excluding ortho intramolecular Hbond substituents is 1. The molecule has 1 aliphatic rings. The highest BCUT2D eigenvalue weighted by Crippen LogP contribution is 2.53. The van der Waals surface area contributed by atoms with E-state index in [1.54, 1.807) is 19.1 Å². The van der Waals surface area contributed by atoms with Gasteiger partial charge in [-0.25, -0.2) is 4.79 Å². The maximum Gasteiger partial charge on any atom is 0.348 e. The molecule has 25 heavy (non-hydrogen) atoms. The van der Waals surface area contributed by atoms with E-state index in [9.17, 15) is 9.90 Å². The van der Waals surface area contributed by atoms with Crippen molar-refractivity contribution < 1.29 is 19.4 Å². The van der Waals surface area contributed by atoms with Crippen molar-refractivity contribution in [3.63, 3.8) is 0 Å². The fraction of sp³-hybridized carbons (Fsp3) is 0.105. The highest BCUT2D eigenvalue weighted by Gasteiger charge is 2.27. The van der Waals surface area contributed by atoms with Gasteiger partial charge in [0.1, 0.15) is 10.6 Å². The van der Waals surface area contributed by atoms with Crippen LogP contribution in [0.4, 0.5) is 0 Å². The van der Waals surface area contributed by atoms with Gasteiger partial charge in [-0.2, -0.15) is 0 Å². The maximum absolute atomic E-state index is 12.2. The lowest BCUT2D eigenvalue weighted by atomic mass is 10.0. The van der Waals surface area contributed by atoms with Gasteiger partial charge in [0.25, 0.3) is 0 Å². The number of hydrogen-bond acceptors (Lipinski definition) is 5. The number of carbonyl (C=O) groups is 1. The number of ether oxygens (including phenoxy) is 2. The molecule has 1 aromatic heterocycles. The van der Waals surface area contributed by atoms with Crippen LogP contribution in [-0.4, -0.2) is 17.7 Å². The number of carbonyl (C=O) groups excluding carboxylic acids is 1. The summed E-state index contributed by atoms with van der Waals surface area (Å²) in [5.74, 6) is 0.518. The molecule has 126 valence electrons. The van der Waals surface area contributed by atoms with Crippen LogP contribution in [0.5, 0.6) is 17.2 Å². The van der Waals surface area contributed by atoms with Crippen molar-refractivity contribution in [2.24, 2.45) is 0 Å². The standard InChI is InChI=1S/C19H13ClO4S/c1-2-23-19(22)16-9-12-11-5-3-4-6-15(11)24-17-13(18(12)25-16)7-10(20)8-14(17)21/h3-9,21H,2H2,1H3. The van der Waals surface area contributed by atoms with E-state index in [0.717, 1.165) is 16.0 Å². The van der Waals surface area contributed by atoms with Crippen molar-refractivity contribution in [1.82, 2.24) is 0 Å². The molecule has 0 spiro atoms. The minimum Gasteiger partial charge on any atom is -0.504 e. The van der Waals surface area contributed by atoms with E-state index in [-0.39, 0.29) is 11.7 Å². The first-order valence-electron chi connectivity index (χ1n) is 7.69. The van der Waals surface area contributed by atoms with Crippen LogP contribution < -0.4 is 4.74 Å². The molecule has 1 N–H and O–H groups in total. The Bertz CT molecular complexity index is 993. The Morgan fingerprint density at radius 3 is 2.80 bits per heavy atom. The number of thiophene rings is 1. The number of para-hydroxylation sites is 1. The lowest BCUT2D eigenvalue weighted by molar-refractivity contribution is 0.0532. The van der Waals surface area contributed by atoms with Crippen molar-refractivity contribution >= 4 is 28.9 Å². The Morgan fingerprint density at radius 2 is 2.00 bits per heavy atom. The third-order valence-electron chi connectivity index (χ3n) is 3.88. The van der Waals surface area contributed by atoms with Gasteiger partial charge in [0.15, 0.2) is 11.5 Å². The van der Waals surface area contributed by atoms with Gasteiger partial charge in [-0.05, 0) is 25.1 Å². The second-order valence-corrected chi connectivity index (χ2v) is 6.96. The molecule has 0 fully saturated rings. The summed E-state index contributed by atoms with van der Waals surface area (Å²) in [5.41, 5.74) is 2.34. The molecule has 6 heteroatoms. The van der Waals surface area contributed by atoms with Crippen molar-refractivity contribution in [3.05, 3.63) is 52.4 Å². The molecule has 0 saturated heterocycles. The number of phenols is 1. The summed E-state index contributed by atoms with van der Waals surface area (Å²) in [6, 6.07) is 12.5. The second kappa shape index (κ2) is 6.10. The summed E-state index contributed by atoms with van der Waals surface area (Å²) < 4.78 is 11.1. The molecule has 0 aliphatic carbocycles. The lowest BCUT2D eigenvalue weighted by Gasteiger charge is -2.11. The van der Waals surface area contributed by atoms with Crippen LogP contribution in [-0.2, 0) is 4.74 Å². The molecule has 4 rings (SSSR count). The van der Waals surface area contributed by atoms with Crippen molar-refractivity contribution in [2.75, 3.05) is 6.61 Å². The van der Waals surface area contributed by atoms with Crippen LogP contribution in [0, 0.1) is 0 Å². The molecule has 2 heterocycles. The Labute approximate surface area is 153 Å². The SMILES string of the molecule is CCOC(=O)c1cc2c(s1)-c1cc(Cl)cc(O)c1Oc1ccccc1-2. The van der Waals surface area contributed by atoms with Gasteiger partial charge < -0.3 is 14.6 Å². The zero-order valence-electron chi connectivity index (χ0n) is 13.2. The van der Waals surface area contributed by atoms with Gasteiger partial charge >= 0.3 is 5.97 Å². The van der Waals surface area contributed by atoms with Gasteiger partial charge in [0.2, 0.25) is 0 Å². The molecule has 0 saturated carbocycles. The monoisotopic (exact) mass is 372 g/mol. The van der Waals surface area contributed by atoms with Crippen molar-refractivity contribution in [3.8, 4) is 38.8 Å². The van der Waals surface area contributed by atoms with Crippen LogP contribution in [0.2, 0.25) is 5.02 Å². The average Bonchev–Trinajstić information content (AvgIpc) is 2.98. The summed E-state index contributed by atoms with van der Waals surface area (Å²) >= 11 is 7.43. The second-order valence-electron chi connectivity index (χ2n) is 5.47. The highest BCUT2D eigenvalue weighted by molar-refractivity contribution is 7.18. The highest BCUT2D eigenvalue weighted by atomic mass is 35.5. The Morgan fingerprint density at radius 1 is 1.20 bits per heavy atom. The first-order valence-corrected chi connectivity index (χ1v) is 8.89. The van der Waals surface area contributed by atoms with Gasteiger partial charge in [-0.1, -0.05) is 29.8 Å². The van der Waals surface area contributed by atoms with Crippen molar-refractivity contribution in [1.29, 1.82) is 0 Å². The molecule has 0 atom stereocenters. The van der Waals surface area contributed by atoms with E-state index < -0.39 is 0 Å². The van der Waals surface area contributed by atoms with Gasteiger partial charge in [0, 0.05) is 32.7 Å². The van der Waals surface area contributed by atoms with E-state index >= 15 is 0 Å². The molecular weight excluding hydrogens is 360 g/mol. The van der Waals surface area contributed by atoms with E-state index in [2.05, 4.69) is 0 Å². The van der Waals surface area contributed by atoms with Crippen LogP contribution >= 0.6 is 22.9 Å². The minimum absolute atomic E-state index is 0.0452. The largest absolute Gasteiger partial charge is 0.504 e. The topological polar surface area (TPSA) is 55.8 Å². The van der Waals surface area contributed by atoms with E-state index in [1.807, 2.05) is 24.3 Å². The fourth-order valence-corrected chi connectivity index (χ4v) is 4.13. The lowest BCUT2D eigenvalue weighted by Crippen LogP contribution is -2.01. The third-order valence-corrected chi connectivity index (χ3v) is 5.24. The van der Waals surface area contributed by atoms with Crippen LogP contribution in [0.3, 0.4) is 0 Å². The zero-order valence-corrected chi connectivity index (χ0v) is 14.8.